The van der Waals surface area contributed by atoms with Gasteiger partial charge in [0.2, 0.25) is 23.6 Å². The first-order valence-corrected chi connectivity index (χ1v) is 21.4. The first-order valence-electron chi connectivity index (χ1n) is 17.7. The van der Waals surface area contributed by atoms with Crippen molar-refractivity contribution < 1.29 is 29.0 Å². The van der Waals surface area contributed by atoms with Crippen LogP contribution in [0.25, 0.3) is 20.7 Å². The lowest BCUT2D eigenvalue weighted by atomic mass is 9.51. The molecule has 15 heteroatoms. The highest BCUT2D eigenvalue weighted by Crippen LogP contribution is 2.65. The van der Waals surface area contributed by atoms with Crippen LogP contribution in [0.4, 0.5) is 5.82 Å². The summed E-state index contributed by atoms with van der Waals surface area (Å²) in [6.07, 6.45) is 2.54. The molecule has 9 rings (SSSR count). The number of carbonyl (C=O) groups is 4. The van der Waals surface area contributed by atoms with Crippen molar-refractivity contribution in [3.63, 3.8) is 0 Å². The van der Waals surface area contributed by atoms with E-state index >= 15 is 4.79 Å². The number of hydrogen-bond acceptors (Lipinski definition) is 9. The molecule has 5 heterocycles. The first kappa shape index (κ1) is 36.8. The number of fused-ring (bicyclic) bond motifs is 5. The maximum absolute atomic E-state index is 15.3. The van der Waals surface area contributed by atoms with E-state index in [0.717, 1.165) is 31.0 Å². The Hall–Kier alpha value is -3.82. The second-order valence-corrected chi connectivity index (χ2v) is 19.0. The Labute approximate surface area is 346 Å². The third-order valence-corrected chi connectivity index (χ3v) is 16.7. The number of imide groups is 2. The molecule has 0 radical (unpaired) electrons. The smallest absolute Gasteiger partial charge is 0.242 e. The predicted molar refractivity (Wildman–Crippen MR) is 218 cm³/mol. The topological polar surface area (TPSA) is 122 Å². The van der Waals surface area contributed by atoms with Gasteiger partial charge in [-0.15, -0.1) is 22.7 Å². The molecule has 1 saturated carbocycles. The van der Waals surface area contributed by atoms with Crippen molar-refractivity contribution in [1.29, 1.82) is 0 Å². The highest BCUT2D eigenvalue weighted by Gasteiger charge is 2.68. The number of thiophene rings is 2. The Morgan fingerprint density at radius 1 is 1.05 bits per heavy atom. The van der Waals surface area contributed by atoms with Gasteiger partial charge in [-0.25, -0.2) is 4.90 Å². The SMILES string of the molecule is COc1cc(C2C3=CCC4C(=O)N(Cc5cccs5)C(=O)C4C3CC3C(=O)N(c4cc(-c5sc6ccc(Cl)cc6c5C)nn4C)C(=O)C32C)c(Br)c(Br)c1O. The summed E-state index contributed by atoms with van der Waals surface area (Å²) in [7, 11) is 3.17. The van der Waals surface area contributed by atoms with E-state index in [4.69, 9.17) is 21.4 Å². The molecule has 55 heavy (non-hydrogen) atoms. The molecule has 2 aliphatic carbocycles. The van der Waals surface area contributed by atoms with Crippen molar-refractivity contribution in [2.45, 2.75) is 39.2 Å². The summed E-state index contributed by atoms with van der Waals surface area (Å²) in [5, 5.41) is 19.3. The molecule has 3 fully saturated rings. The molecule has 2 saturated heterocycles. The highest BCUT2D eigenvalue weighted by molar-refractivity contribution is 9.13. The number of aromatic nitrogens is 2. The normalized spacial score (nSPS) is 26.2. The number of phenolic OH excluding ortho intramolecular Hbond substituents is 1. The zero-order chi connectivity index (χ0) is 38.8. The van der Waals surface area contributed by atoms with Crippen LogP contribution >= 0.6 is 66.1 Å². The van der Waals surface area contributed by atoms with Crippen molar-refractivity contribution >= 4 is 106 Å². The molecule has 282 valence electrons. The van der Waals surface area contributed by atoms with Gasteiger partial charge in [0.15, 0.2) is 11.5 Å². The summed E-state index contributed by atoms with van der Waals surface area (Å²) >= 11 is 16.6. The number of benzene rings is 2. The first-order chi connectivity index (χ1) is 26.3. The zero-order valence-electron chi connectivity index (χ0n) is 29.9. The van der Waals surface area contributed by atoms with E-state index < -0.39 is 40.9 Å². The number of likely N-dealkylation sites (tertiary alicyclic amines) is 1. The van der Waals surface area contributed by atoms with E-state index in [1.54, 1.807) is 35.2 Å². The minimum Gasteiger partial charge on any atom is -0.503 e. The van der Waals surface area contributed by atoms with Gasteiger partial charge in [0.05, 0.1) is 46.2 Å². The van der Waals surface area contributed by atoms with Crippen molar-refractivity contribution in [3.05, 3.63) is 89.5 Å². The number of hydrogen-bond donors (Lipinski definition) is 1. The molecule has 3 aromatic heterocycles. The summed E-state index contributed by atoms with van der Waals surface area (Å²) in [6.45, 7) is 4.03. The van der Waals surface area contributed by atoms with Crippen LogP contribution in [0.3, 0.4) is 0 Å². The number of halogens is 3. The number of phenols is 1. The quantitative estimate of drug-likeness (QED) is 0.133. The van der Waals surface area contributed by atoms with Crippen molar-refractivity contribution in [1.82, 2.24) is 14.7 Å². The van der Waals surface area contributed by atoms with Gasteiger partial charge in [-0.1, -0.05) is 29.3 Å². The Balaban J connectivity index is 1.18. The van der Waals surface area contributed by atoms with Gasteiger partial charge < -0.3 is 9.84 Å². The van der Waals surface area contributed by atoms with E-state index in [-0.39, 0.29) is 42.2 Å². The summed E-state index contributed by atoms with van der Waals surface area (Å²) < 4.78 is 9.03. The van der Waals surface area contributed by atoms with Gasteiger partial charge in [-0.2, -0.15) is 5.10 Å². The van der Waals surface area contributed by atoms with E-state index in [1.807, 2.05) is 55.6 Å². The second kappa shape index (κ2) is 13.1. The molecule has 6 unspecified atom stereocenters. The van der Waals surface area contributed by atoms with Gasteiger partial charge >= 0.3 is 0 Å². The van der Waals surface area contributed by atoms with E-state index in [2.05, 4.69) is 31.9 Å². The number of aromatic hydroxyl groups is 1. The molecule has 10 nitrogen and oxygen atoms in total. The second-order valence-electron chi connectivity index (χ2n) is 14.9. The monoisotopic (exact) mass is 922 g/mol. The fraction of sp³-hybridized carbons (Fsp3) is 0.325. The zero-order valence-corrected chi connectivity index (χ0v) is 35.5. The number of carbonyl (C=O) groups excluding carboxylic acids is 4. The Bertz CT molecular complexity index is 2550. The van der Waals surface area contributed by atoms with Gasteiger partial charge in [0.1, 0.15) is 11.5 Å². The lowest BCUT2D eigenvalue weighted by Gasteiger charge is -2.49. The maximum Gasteiger partial charge on any atom is 0.242 e. The Kier molecular flexibility index (Phi) is 8.78. The molecule has 0 spiro atoms. The van der Waals surface area contributed by atoms with Crippen molar-refractivity contribution in [2.24, 2.45) is 36.1 Å². The van der Waals surface area contributed by atoms with Crippen molar-refractivity contribution in [3.8, 4) is 22.1 Å². The van der Waals surface area contributed by atoms with E-state index in [9.17, 15) is 19.5 Å². The van der Waals surface area contributed by atoms with Crippen LogP contribution in [0.5, 0.6) is 11.5 Å². The standard InChI is InChI=1S/C40H33Br2ClN4O6S2/c1-17-22-12-18(43)7-10-28(22)55-35(17)26-15-29(45(3)44-26)47-37(50)25-13-23-20(8-9-21-30(23)38(51)46(36(21)49)16-19-6-5-11-54-19)31(40(25,2)39(47)52)24-14-27(53-4)34(48)33(42)32(24)41/h5-8,10-12,14-15,21,23,25,30-31,48H,9,13,16H2,1-4H3. The number of amides is 4. The van der Waals surface area contributed by atoms with Crippen LogP contribution < -0.4 is 9.64 Å². The fourth-order valence-electron chi connectivity index (χ4n) is 9.55. The van der Waals surface area contributed by atoms with Crippen LogP contribution in [-0.2, 0) is 32.8 Å². The number of anilines is 1. The fourth-order valence-corrected chi connectivity index (χ4v) is 12.5. The van der Waals surface area contributed by atoms with Gasteiger partial charge in [-0.3, -0.25) is 28.8 Å². The highest BCUT2D eigenvalue weighted by atomic mass is 79.9. The molecule has 4 aliphatic rings. The lowest BCUT2D eigenvalue weighted by molar-refractivity contribution is -0.141. The van der Waals surface area contributed by atoms with Gasteiger partial charge in [0.25, 0.3) is 0 Å². The van der Waals surface area contributed by atoms with Crippen LogP contribution in [0.15, 0.2) is 68.4 Å². The third-order valence-electron chi connectivity index (χ3n) is 12.2. The minimum atomic E-state index is -1.33. The number of aryl methyl sites for hydroxylation is 2. The van der Waals surface area contributed by atoms with E-state index in [0.29, 0.717) is 37.5 Å². The number of methoxy groups -OCH3 is 1. The number of nitrogens with zero attached hydrogens (tertiary/aromatic N) is 4. The third kappa shape index (κ3) is 5.23. The number of rotatable bonds is 6. The van der Waals surface area contributed by atoms with Crippen LogP contribution in [0, 0.1) is 36.0 Å². The van der Waals surface area contributed by atoms with Crippen LogP contribution in [0.1, 0.15) is 41.7 Å². The minimum absolute atomic E-state index is 0.123. The lowest BCUT2D eigenvalue weighted by Crippen LogP contribution is -2.49. The van der Waals surface area contributed by atoms with Gasteiger partial charge in [0, 0.05) is 38.1 Å². The summed E-state index contributed by atoms with van der Waals surface area (Å²) in [4.78, 5) is 62.9. The average Bonchev–Trinajstić information content (AvgIpc) is 3.97. The molecule has 2 aromatic carbocycles. The Morgan fingerprint density at radius 2 is 1.84 bits per heavy atom. The molecule has 5 aromatic rings. The predicted octanol–water partition coefficient (Wildman–Crippen LogP) is 9.00. The van der Waals surface area contributed by atoms with Crippen LogP contribution in [0.2, 0.25) is 5.02 Å². The molecule has 6 atom stereocenters. The number of allylic oxidation sites excluding steroid dienone is 2. The molecule has 1 N–H and O–H groups in total. The summed E-state index contributed by atoms with van der Waals surface area (Å²) in [5.74, 6) is -4.19. The number of ether oxygens (including phenoxy) is 1. The maximum atomic E-state index is 15.3. The molecule has 0 bridgehead atoms. The van der Waals surface area contributed by atoms with Crippen molar-refractivity contribution in [2.75, 3.05) is 12.0 Å². The van der Waals surface area contributed by atoms with Gasteiger partial charge in [-0.05, 0) is 117 Å². The molecular formula is C40H33Br2ClN4O6S2. The molecule has 4 amide bonds. The largest absolute Gasteiger partial charge is 0.503 e. The van der Waals surface area contributed by atoms with E-state index in [1.165, 1.54) is 28.2 Å². The summed E-state index contributed by atoms with van der Waals surface area (Å²) in [5.41, 5.74) is 1.74. The summed E-state index contributed by atoms with van der Waals surface area (Å²) in [6, 6.07) is 13.0. The Morgan fingerprint density at radius 3 is 2.56 bits per heavy atom. The molecule has 2 aliphatic heterocycles. The van der Waals surface area contributed by atoms with Crippen LogP contribution in [-0.4, -0.2) is 50.5 Å². The molecular weight excluding hydrogens is 892 g/mol. The average molecular weight is 925 g/mol.